The van der Waals surface area contributed by atoms with Crippen LogP contribution in [0.2, 0.25) is 0 Å². The zero-order valence-corrected chi connectivity index (χ0v) is 9.51. The van der Waals surface area contributed by atoms with E-state index in [-0.39, 0.29) is 6.04 Å². The van der Waals surface area contributed by atoms with E-state index in [2.05, 4.69) is 29.6 Å². The molecule has 0 saturated heterocycles. The Morgan fingerprint density at radius 3 is 2.75 bits per heavy atom. The Morgan fingerprint density at radius 1 is 1.38 bits per heavy atom. The quantitative estimate of drug-likeness (QED) is 0.600. The van der Waals surface area contributed by atoms with Crippen molar-refractivity contribution >= 4 is 0 Å². The van der Waals surface area contributed by atoms with Crippen molar-refractivity contribution in [1.82, 2.24) is 15.2 Å². The van der Waals surface area contributed by atoms with Crippen LogP contribution in [0.1, 0.15) is 22.9 Å². The molecule has 0 aliphatic heterocycles. The Hall–Kier alpha value is -1.65. The number of benzene rings is 1. The molecule has 4 nitrogen and oxygen atoms in total. The normalized spacial score (nSPS) is 12.7. The second kappa shape index (κ2) is 4.47. The van der Waals surface area contributed by atoms with Gasteiger partial charge in [0.15, 0.2) is 0 Å². The van der Waals surface area contributed by atoms with Gasteiger partial charge in [-0.25, -0.2) is 5.43 Å². The van der Waals surface area contributed by atoms with Gasteiger partial charge >= 0.3 is 0 Å². The van der Waals surface area contributed by atoms with Crippen molar-refractivity contribution in [3.8, 4) is 0 Å². The summed E-state index contributed by atoms with van der Waals surface area (Å²) in [5.41, 5.74) is 6.07. The highest BCUT2D eigenvalue weighted by atomic mass is 15.3. The van der Waals surface area contributed by atoms with E-state index in [1.54, 1.807) is 4.68 Å². The van der Waals surface area contributed by atoms with E-state index in [9.17, 15) is 0 Å². The Morgan fingerprint density at radius 2 is 2.19 bits per heavy atom. The summed E-state index contributed by atoms with van der Waals surface area (Å²) in [6.07, 6.45) is 1.91. The molecule has 0 aliphatic rings. The van der Waals surface area contributed by atoms with E-state index in [1.807, 2.05) is 31.4 Å². The molecule has 1 aromatic heterocycles. The maximum Gasteiger partial charge on any atom is 0.0900 e. The third-order valence-electron chi connectivity index (χ3n) is 2.57. The second-order valence-corrected chi connectivity index (χ2v) is 3.93. The van der Waals surface area contributed by atoms with Gasteiger partial charge in [0.1, 0.15) is 0 Å². The van der Waals surface area contributed by atoms with Gasteiger partial charge < -0.3 is 0 Å². The first-order chi connectivity index (χ1) is 7.70. The van der Waals surface area contributed by atoms with Crippen molar-refractivity contribution in [3.63, 3.8) is 0 Å². The van der Waals surface area contributed by atoms with Crippen LogP contribution in [0.5, 0.6) is 0 Å². The minimum absolute atomic E-state index is 0.0545. The van der Waals surface area contributed by atoms with E-state index >= 15 is 0 Å². The van der Waals surface area contributed by atoms with Crippen molar-refractivity contribution in [1.29, 1.82) is 0 Å². The third kappa shape index (κ3) is 2.13. The third-order valence-corrected chi connectivity index (χ3v) is 2.57. The van der Waals surface area contributed by atoms with Crippen LogP contribution in [0.4, 0.5) is 0 Å². The molecule has 0 amide bonds. The first-order valence-electron chi connectivity index (χ1n) is 5.23. The van der Waals surface area contributed by atoms with Crippen LogP contribution < -0.4 is 11.3 Å². The van der Waals surface area contributed by atoms with Gasteiger partial charge in [-0.1, -0.05) is 29.8 Å². The molecule has 2 aromatic rings. The Kier molecular flexibility index (Phi) is 3.03. The standard InChI is InChI=1S/C12H16N4/c1-9-4-3-5-10(8-9)12(14-13)11-6-7-16(2)15-11/h3-8,12,14H,13H2,1-2H3. The summed E-state index contributed by atoms with van der Waals surface area (Å²) in [5, 5.41) is 4.36. The highest BCUT2D eigenvalue weighted by Gasteiger charge is 2.14. The average molecular weight is 216 g/mol. The molecular formula is C12H16N4. The van der Waals surface area contributed by atoms with E-state index in [1.165, 1.54) is 5.56 Å². The molecule has 1 unspecified atom stereocenters. The lowest BCUT2D eigenvalue weighted by molar-refractivity contribution is 0.603. The van der Waals surface area contributed by atoms with Gasteiger partial charge in [0.2, 0.25) is 0 Å². The summed E-state index contributed by atoms with van der Waals surface area (Å²) in [6, 6.07) is 10.2. The monoisotopic (exact) mass is 216 g/mol. The molecule has 3 N–H and O–H groups in total. The molecule has 0 radical (unpaired) electrons. The Balaban J connectivity index is 2.36. The summed E-state index contributed by atoms with van der Waals surface area (Å²) >= 11 is 0. The van der Waals surface area contributed by atoms with Crippen LogP contribution in [0.3, 0.4) is 0 Å². The number of rotatable bonds is 3. The fourth-order valence-corrected chi connectivity index (χ4v) is 1.79. The van der Waals surface area contributed by atoms with Gasteiger partial charge in [-0.15, -0.1) is 0 Å². The SMILES string of the molecule is Cc1cccc(C(NN)c2ccn(C)n2)c1. The van der Waals surface area contributed by atoms with Gasteiger partial charge in [0.05, 0.1) is 11.7 Å². The van der Waals surface area contributed by atoms with Crippen LogP contribution in [-0.2, 0) is 7.05 Å². The number of hydrogen-bond donors (Lipinski definition) is 2. The van der Waals surface area contributed by atoms with Crippen molar-refractivity contribution in [3.05, 3.63) is 53.3 Å². The molecule has 2 rings (SSSR count). The summed E-state index contributed by atoms with van der Waals surface area (Å²) < 4.78 is 1.77. The lowest BCUT2D eigenvalue weighted by Gasteiger charge is -2.14. The summed E-state index contributed by atoms with van der Waals surface area (Å²) in [7, 11) is 1.90. The van der Waals surface area contributed by atoms with Gasteiger partial charge in [0.25, 0.3) is 0 Å². The minimum Gasteiger partial charge on any atom is -0.275 e. The number of aromatic nitrogens is 2. The van der Waals surface area contributed by atoms with Crippen LogP contribution in [0.15, 0.2) is 36.5 Å². The van der Waals surface area contributed by atoms with E-state index in [0.29, 0.717) is 0 Å². The smallest absolute Gasteiger partial charge is 0.0900 e. The van der Waals surface area contributed by atoms with Gasteiger partial charge in [0, 0.05) is 13.2 Å². The number of hydrogen-bond acceptors (Lipinski definition) is 3. The van der Waals surface area contributed by atoms with Crippen LogP contribution in [0.25, 0.3) is 0 Å². The van der Waals surface area contributed by atoms with Crippen LogP contribution >= 0.6 is 0 Å². The minimum atomic E-state index is -0.0545. The van der Waals surface area contributed by atoms with Crippen molar-refractivity contribution < 1.29 is 0 Å². The summed E-state index contributed by atoms with van der Waals surface area (Å²) in [6.45, 7) is 2.06. The molecule has 1 atom stereocenters. The van der Waals surface area contributed by atoms with E-state index < -0.39 is 0 Å². The average Bonchev–Trinajstić information content (AvgIpc) is 2.66. The lowest BCUT2D eigenvalue weighted by atomic mass is 10.0. The fourth-order valence-electron chi connectivity index (χ4n) is 1.79. The van der Waals surface area contributed by atoms with Gasteiger partial charge in [-0.05, 0) is 18.6 Å². The molecule has 1 aromatic carbocycles. The molecule has 0 aliphatic carbocycles. The predicted octanol–water partition coefficient (Wildman–Crippen LogP) is 1.28. The zero-order valence-electron chi connectivity index (χ0n) is 9.51. The van der Waals surface area contributed by atoms with E-state index in [4.69, 9.17) is 5.84 Å². The molecule has 0 spiro atoms. The van der Waals surface area contributed by atoms with Crippen LogP contribution in [-0.4, -0.2) is 9.78 Å². The van der Waals surface area contributed by atoms with E-state index in [0.717, 1.165) is 11.3 Å². The van der Waals surface area contributed by atoms with Crippen molar-refractivity contribution in [2.24, 2.45) is 12.9 Å². The first kappa shape index (κ1) is 10.9. The number of nitrogens with two attached hydrogens (primary N) is 1. The maximum absolute atomic E-state index is 5.60. The highest BCUT2D eigenvalue weighted by molar-refractivity contribution is 5.30. The van der Waals surface area contributed by atoms with Crippen molar-refractivity contribution in [2.45, 2.75) is 13.0 Å². The molecule has 84 valence electrons. The Labute approximate surface area is 95.1 Å². The first-order valence-corrected chi connectivity index (χ1v) is 5.23. The predicted molar refractivity (Wildman–Crippen MR) is 63.6 cm³/mol. The van der Waals surface area contributed by atoms with Gasteiger partial charge in [-0.3, -0.25) is 10.5 Å². The molecule has 0 fully saturated rings. The number of aryl methyl sites for hydroxylation is 2. The molecule has 0 saturated carbocycles. The highest BCUT2D eigenvalue weighted by Crippen LogP contribution is 2.20. The summed E-state index contributed by atoms with van der Waals surface area (Å²) in [5.74, 6) is 5.60. The molecule has 0 bridgehead atoms. The largest absolute Gasteiger partial charge is 0.275 e. The topological polar surface area (TPSA) is 55.9 Å². The second-order valence-electron chi connectivity index (χ2n) is 3.93. The van der Waals surface area contributed by atoms with Crippen molar-refractivity contribution in [2.75, 3.05) is 0 Å². The maximum atomic E-state index is 5.60. The molecule has 16 heavy (non-hydrogen) atoms. The summed E-state index contributed by atoms with van der Waals surface area (Å²) in [4.78, 5) is 0. The number of hydrazine groups is 1. The molecule has 1 heterocycles. The van der Waals surface area contributed by atoms with Gasteiger partial charge in [-0.2, -0.15) is 5.10 Å². The zero-order chi connectivity index (χ0) is 11.5. The Bertz CT molecular complexity index is 475. The fraction of sp³-hybridized carbons (Fsp3) is 0.250. The number of nitrogens with one attached hydrogen (secondary N) is 1. The lowest BCUT2D eigenvalue weighted by Crippen LogP contribution is -2.29. The number of nitrogens with zero attached hydrogens (tertiary/aromatic N) is 2. The van der Waals surface area contributed by atoms with Crippen LogP contribution in [0, 0.1) is 6.92 Å². The molecular weight excluding hydrogens is 200 g/mol. The molecule has 4 heteroatoms.